The molecular weight excluding hydrogens is 672 g/mol. The molecule has 0 radical (unpaired) electrons. The number of rotatable bonds is 11. The lowest BCUT2D eigenvalue weighted by atomic mass is 10.0. The van der Waals surface area contributed by atoms with Gasteiger partial charge in [0.25, 0.3) is 17.5 Å². The van der Waals surface area contributed by atoms with E-state index in [2.05, 4.69) is 10.5 Å². The Kier molecular flexibility index (Phi) is 12.6. The molecule has 2 aromatic carbocycles. The van der Waals surface area contributed by atoms with Gasteiger partial charge in [-0.3, -0.25) is 29.3 Å². The van der Waals surface area contributed by atoms with E-state index in [0.717, 1.165) is 12.1 Å². The van der Waals surface area contributed by atoms with Gasteiger partial charge in [0.2, 0.25) is 18.0 Å². The molecule has 0 saturated carbocycles. The highest BCUT2D eigenvalue weighted by atomic mass is 19.1. The van der Waals surface area contributed by atoms with Crippen LogP contribution >= 0.6 is 0 Å². The van der Waals surface area contributed by atoms with Crippen LogP contribution in [0.4, 0.5) is 14.5 Å². The zero-order chi connectivity index (χ0) is 37.4. The minimum Gasteiger partial charge on any atom is -0.451 e. The van der Waals surface area contributed by atoms with Crippen LogP contribution in [0.15, 0.2) is 58.6 Å². The molecule has 1 saturated heterocycles. The third-order valence-corrected chi connectivity index (χ3v) is 8.22. The number of pyridine rings is 1. The Bertz CT molecular complexity index is 1880. The number of nitro benzene ring substituents is 1. The number of nitrogens with zero attached hydrogens (tertiary/aromatic N) is 4. The summed E-state index contributed by atoms with van der Waals surface area (Å²) in [6, 6.07) is 7.23. The van der Waals surface area contributed by atoms with Crippen molar-refractivity contribution in [2.75, 3.05) is 13.3 Å². The van der Waals surface area contributed by atoms with Gasteiger partial charge in [0.15, 0.2) is 5.69 Å². The van der Waals surface area contributed by atoms with Crippen molar-refractivity contribution in [1.29, 1.82) is 0 Å². The van der Waals surface area contributed by atoms with Gasteiger partial charge in [0.1, 0.15) is 23.3 Å². The van der Waals surface area contributed by atoms with Crippen LogP contribution in [0.5, 0.6) is 5.75 Å². The molecule has 2 aliphatic heterocycles. The Morgan fingerprint density at radius 2 is 1.78 bits per heavy atom. The zero-order valence-electron chi connectivity index (χ0n) is 28.8. The normalized spacial score (nSPS) is 17.5. The van der Waals surface area contributed by atoms with E-state index in [1.165, 1.54) is 35.0 Å². The molecule has 2 aliphatic rings. The zero-order valence-corrected chi connectivity index (χ0v) is 28.8. The smallest absolute Gasteiger partial charge is 0.313 e. The van der Waals surface area contributed by atoms with Gasteiger partial charge < -0.3 is 29.1 Å². The van der Waals surface area contributed by atoms with E-state index in [0.29, 0.717) is 30.2 Å². The number of fused-ring (bicyclic) bond motifs is 4. The van der Waals surface area contributed by atoms with Crippen molar-refractivity contribution in [2.24, 2.45) is 5.16 Å². The number of carbonyl (C=O) groups is 3. The van der Waals surface area contributed by atoms with Crippen LogP contribution in [0.1, 0.15) is 85.5 Å². The van der Waals surface area contributed by atoms with Gasteiger partial charge in [0.05, 0.1) is 23.1 Å². The molecule has 1 aromatic heterocycles. The summed E-state index contributed by atoms with van der Waals surface area (Å²) < 4.78 is 40.0. The lowest BCUT2D eigenvalue weighted by Gasteiger charge is -2.38. The third-order valence-electron chi connectivity index (χ3n) is 8.22. The second kappa shape index (κ2) is 16.8. The van der Waals surface area contributed by atoms with Crippen molar-refractivity contribution in [3.8, 4) is 5.75 Å². The number of nitrogens with one attached hydrogen (secondary N) is 1. The SMILES string of the molecule is CC.CC(C)=NOC1CCC(C)N2CC1n1cc(C(=O)NCc3ccc(F)cc3F)c(=O)c(OCOC(=O)Cc3ccc([N+](=O)[O-])cc3)c1C2=O. The van der Waals surface area contributed by atoms with Gasteiger partial charge in [-0.25, -0.2) is 8.78 Å². The minimum atomic E-state index is -0.990. The number of non-ortho nitro benzene ring substituents is 1. The summed E-state index contributed by atoms with van der Waals surface area (Å²) in [6.07, 6.45) is 1.41. The average molecular weight is 712 g/mol. The van der Waals surface area contributed by atoms with Gasteiger partial charge in [-0.2, -0.15) is 0 Å². The van der Waals surface area contributed by atoms with E-state index in [9.17, 15) is 38.1 Å². The van der Waals surface area contributed by atoms with Gasteiger partial charge in [-0.05, 0) is 45.2 Å². The fourth-order valence-electron chi connectivity index (χ4n) is 5.65. The lowest BCUT2D eigenvalue weighted by Crippen LogP contribution is -2.49. The van der Waals surface area contributed by atoms with Crippen LogP contribution in [0.3, 0.4) is 0 Å². The Hall–Kier alpha value is -5.67. The maximum atomic E-state index is 14.3. The second-order valence-electron chi connectivity index (χ2n) is 11.9. The molecule has 0 aliphatic carbocycles. The first-order valence-electron chi connectivity index (χ1n) is 16.3. The molecule has 5 rings (SSSR count). The molecule has 1 N–H and O–H groups in total. The van der Waals surface area contributed by atoms with Crippen molar-refractivity contribution in [3.05, 3.63) is 103 Å². The molecule has 16 heteroatoms. The molecule has 1 fully saturated rings. The van der Waals surface area contributed by atoms with Crippen molar-refractivity contribution in [2.45, 2.75) is 78.6 Å². The second-order valence-corrected chi connectivity index (χ2v) is 11.9. The minimum absolute atomic E-state index is 0.0333. The molecule has 3 unspecified atom stereocenters. The molecule has 2 bridgehead atoms. The van der Waals surface area contributed by atoms with Crippen molar-refractivity contribution >= 4 is 29.2 Å². The van der Waals surface area contributed by atoms with E-state index in [-0.39, 0.29) is 42.5 Å². The summed E-state index contributed by atoms with van der Waals surface area (Å²) in [7, 11) is 0. The largest absolute Gasteiger partial charge is 0.451 e. The van der Waals surface area contributed by atoms with Gasteiger partial charge >= 0.3 is 5.97 Å². The fourth-order valence-corrected chi connectivity index (χ4v) is 5.65. The summed E-state index contributed by atoms with van der Waals surface area (Å²) in [5.74, 6) is -4.52. The number of hydrogen-bond acceptors (Lipinski definition) is 10. The summed E-state index contributed by atoms with van der Waals surface area (Å²) in [5, 5.41) is 17.5. The van der Waals surface area contributed by atoms with Gasteiger partial charge in [-0.1, -0.05) is 37.2 Å². The summed E-state index contributed by atoms with van der Waals surface area (Å²) in [5.41, 5.74) is -0.754. The Morgan fingerprint density at radius 1 is 1.08 bits per heavy atom. The third kappa shape index (κ3) is 8.93. The molecule has 14 nitrogen and oxygen atoms in total. The summed E-state index contributed by atoms with van der Waals surface area (Å²) >= 11 is 0. The molecular formula is C35H39F2N5O9. The number of ether oxygens (including phenoxy) is 2. The summed E-state index contributed by atoms with van der Waals surface area (Å²) in [6.45, 7) is 8.34. The van der Waals surface area contributed by atoms with E-state index in [1.54, 1.807) is 18.7 Å². The maximum absolute atomic E-state index is 14.3. The van der Waals surface area contributed by atoms with E-state index in [1.807, 2.05) is 20.8 Å². The number of oxime groups is 1. The van der Waals surface area contributed by atoms with Crippen LogP contribution in [0.25, 0.3) is 0 Å². The Labute approximate surface area is 292 Å². The predicted molar refractivity (Wildman–Crippen MR) is 180 cm³/mol. The van der Waals surface area contributed by atoms with Crippen LogP contribution < -0.4 is 15.5 Å². The number of carbonyl (C=O) groups excluding carboxylic acids is 3. The monoisotopic (exact) mass is 711 g/mol. The predicted octanol–water partition coefficient (Wildman–Crippen LogP) is 5.07. The van der Waals surface area contributed by atoms with Crippen LogP contribution in [0, 0.1) is 21.7 Å². The standard InChI is InChI=1S/C33H33F2N5O9.C2H6/c1-18(2)37-49-27-11-4-19(3)38-16-26(27)39-15-24(32(43)36-14-21-7-8-22(34)13-25(21)35)30(42)31(29(39)33(38)44)48-17-47-28(41)12-20-5-9-23(10-6-20)40(45)46;1-2/h5-10,13,15,19,26-27H,4,11-12,14,16-17H2,1-3H3,(H,36,43);1-2H3. The maximum Gasteiger partial charge on any atom is 0.313 e. The summed E-state index contributed by atoms with van der Waals surface area (Å²) in [4.78, 5) is 71.5. The average Bonchev–Trinajstić information content (AvgIpc) is 3.24. The Balaban J connectivity index is 0.00000286. The Morgan fingerprint density at radius 3 is 2.43 bits per heavy atom. The van der Waals surface area contributed by atoms with Gasteiger partial charge in [-0.15, -0.1) is 0 Å². The van der Waals surface area contributed by atoms with Crippen LogP contribution in [0.2, 0.25) is 0 Å². The number of benzene rings is 2. The van der Waals surface area contributed by atoms with Crippen molar-refractivity contribution in [3.63, 3.8) is 0 Å². The molecule has 0 spiro atoms. The number of nitro groups is 1. The molecule has 3 heterocycles. The lowest BCUT2D eigenvalue weighted by molar-refractivity contribution is -0.384. The van der Waals surface area contributed by atoms with Crippen LogP contribution in [-0.2, 0) is 27.3 Å². The van der Waals surface area contributed by atoms with Crippen molar-refractivity contribution < 1.29 is 42.4 Å². The van der Waals surface area contributed by atoms with Crippen LogP contribution in [-0.4, -0.2) is 63.4 Å². The first-order valence-corrected chi connectivity index (χ1v) is 16.3. The van der Waals surface area contributed by atoms with Crippen molar-refractivity contribution in [1.82, 2.24) is 14.8 Å². The first kappa shape index (κ1) is 38.1. The quantitative estimate of drug-likeness (QED) is 0.0937. The number of esters is 1. The highest BCUT2D eigenvalue weighted by Crippen LogP contribution is 2.36. The highest BCUT2D eigenvalue weighted by Gasteiger charge is 2.44. The molecule has 272 valence electrons. The van der Waals surface area contributed by atoms with Gasteiger partial charge in [0, 0.05) is 49.1 Å². The molecule has 2 amide bonds. The molecule has 3 atom stereocenters. The van der Waals surface area contributed by atoms with E-state index in [4.69, 9.17) is 14.3 Å². The fraction of sp³-hybridized carbons (Fsp3) is 0.400. The number of halogens is 2. The highest BCUT2D eigenvalue weighted by molar-refractivity contribution is 5.99. The number of aromatic nitrogens is 1. The first-order chi connectivity index (χ1) is 24.3. The van der Waals surface area contributed by atoms with E-state index >= 15 is 0 Å². The number of amides is 2. The molecule has 3 aromatic rings. The topological polar surface area (TPSA) is 172 Å². The van der Waals surface area contributed by atoms with E-state index < -0.39 is 70.0 Å². The molecule has 51 heavy (non-hydrogen) atoms. The number of hydrogen-bond donors (Lipinski definition) is 1.